The SMILES string of the molecule is COc1cccc(F)c1-c1nccc(C(=O)Nc2ccc(-c3cnccc3C#N)cc2N2CCN(C(=O)CCOCCOCCOCCNc3ccc4c(c3)C(=O)N(C3CCC(=O)NC3=O)C4=O)CC2)n1. The van der Waals surface area contributed by atoms with Crippen molar-refractivity contribution in [3.05, 3.63) is 114 Å². The van der Waals surface area contributed by atoms with E-state index in [0.717, 1.165) is 4.90 Å². The molecule has 1 unspecified atom stereocenters. The number of benzene rings is 3. The van der Waals surface area contributed by atoms with Gasteiger partial charge in [0.15, 0.2) is 5.82 Å². The quantitative estimate of drug-likeness (QED) is 0.0735. The van der Waals surface area contributed by atoms with Gasteiger partial charge in [0, 0.05) is 69.0 Å². The fourth-order valence-electron chi connectivity index (χ4n) is 8.38. The summed E-state index contributed by atoms with van der Waals surface area (Å²) in [4.78, 5) is 94.3. The predicted octanol–water partition coefficient (Wildman–Crippen LogP) is 4.08. The number of carbonyl (C=O) groups is 6. The topological polar surface area (TPSA) is 248 Å². The van der Waals surface area contributed by atoms with Crippen LogP contribution < -0.4 is 25.6 Å². The Labute approximate surface area is 407 Å². The zero-order valence-corrected chi connectivity index (χ0v) is 38.7. The molecule has 5 heterocycles. The van der Waals surface area contributed by atoms with E-state index >= 15 is 0 Å². The van der Waals surface area contributed by atoms with Gasteiger partial charge in [0.25, 0.3) is 17.7 Å². The van der Waals surface area contributed by atoms with Crippen LogP contribution in [-0.4, -0.2) is 146 Å². The van der Waals surface area contributed by atoms with Gasteiger partial charge in [-0.25, -0.2) is 14.4 Å². The van der Waals surface area contributed by atoms with E-state index in [1.807, 2.05) is 6.07 Å². The van der Waals surface area contributed by atoms with Gasteiger partial charge in [-0.2, -0.15) is 5.26 Å². The fraction of sp³-hybridized carbons (Fsp3) is 0.320. The highest BCUT2D eigenvalue weighted by molar-refractivity contribution is 6.23. The molecule has 0 bridgehead atoms. The first-order valence-corrected chi connectivity index (χ1v) is 22.9. The van der Waals surface area contributed by atoms with E-state index in [4.69, 9.17) is 18.9 Å². The Morgan fingerprint density at radius 1 is 0.859 bits per heavy atom. The molecular formula is C50H49FN10O10. The van der Waals surface area contributed by atoms with Crippen LogP contribution in [0.5, 0.6) is 5.75 Å². The zero-order valence-electron chi connectivity index (χ0n) is 38.7. The summed E-state index contributed by atoms with van der Waals surface area (Å²) in [5, 5.41) is 18.1. The minimum absolute atomic E-state index is 0.00582. The lowest BCUT2D eigenvalue weighted by atomic mass is 10.0. The largest absolute Gasteiger partial charge is 0.496 e. The average molecular weight is 969 g/mol. The number of hydrogen-bond acceptors (Lipinski definition) is 16. The second kappa shape index (κ2) is 22.9. The molecule has 71 heavy (non-hydrogen) atoms. The van der Waals surface area contributed by atoms with Crippen LogP contribution in [0, 0.1) is 17.1 Å². The van der Waals surface area contributed by atoms with Gasteiger partial charge in [-0.1, -0.05) is 12.1 Å². The molecule has 0 radical (unpaired) electrons. The third-order valence-electron chi connectivity index (χ3n) is 12.0. The molecule has 3 aliphatic heterocycles. The number of nitrogens with one attached hydrogen (secondary N) is 3. The molecule has 2 aromatic heterocycles. The maximum Gasteiger partial charge on any atom is 0.274 e. The van der Waals surface area contributed by atoms with Crippen molar-refractivity contribution in [1.29, 1.82) is 5.26 Å². The van der Waals surface area contributed by atoms with E-state index in [2.05, 4.69) is 41.9 Å². The van der Waals surface area contributed by atoms with Crippen LogP contribution in [0.15, 0.2) is 85.3 Å². The number of methoxy groups -OCH3 is 1. The number of pyridine rings is 1. The lowest BCUT2D eigenvalue weighted by Crippen LogP contribution is -2.54. The van der Waals surface area contributed by atoms with Crippen LogP contribution >= 0.6 is 0 Å². The van der Waals surface area contributed by atoms with Crippen LogP contribution in [0.1, 0.15) is 56.0 Å². The van der Waals surface area contributed by atoms with Crippen LogP contribution in [0.4, 0.5) is 21.5 Å². The molecule has 1 atom stereocenters. The van der Waals surface area contributed by atoms with Crippen molar-refractivity contribution >= 4 is 52.5 Å². The number of hydrogen-bond donors (Lipinski definition) is 3. The smallest absolute Gasteiger partial charge is 0.274 e. The molecule has 20 nitrogen and oxygen atoms in total. The number of imide groups is 2. The maximum absolute atomic E-state index is 14.9. The number of amides is 6. The number of rotatable bonds is 20. The third-order valence-corrected chi connectivity index (χ3v) is 12.0. The van der Waals surface area contributed by atoms with Crippen molar-refractivity contribution in [1.82, 2.24) is 30.1 Å². The summed E-state index contributed by atoms with van der Waals surface area (Å²) in [5.41, 5.74) is 3.87. The molecular weight excluding hydrogens is 920 g/mol. The predicted molar refractivity (Wildman–Crippen MR) is 254 cm³/mol. The van der Waals surface area contributed by atoms with Gasteiger partial charge >= 0.3 is 0 Å². The summed E-state index contributed by atoms with van der Waals surface area (Å²) in [6, 6.07) is 18.7. The van der Waals surface area contributed by atoms with Gasteiger partial charge in [0.1, 0.15) is 23.3 Å². The molecule has 0 saturated carbocycles. The van der Waals surface area contributed by atoms with Gasteiger partial charge in [-0.3, -0.25) is 44.0 Å². The van der Waals surface area contributed by atoms with Gasteiger partial charge in [-0.15, -0.1) is 0 Å². The molecule has 3 aliphatic rings. The van der Waals surface area contributed by atoms with Crippen LogP contribution in [0.25, 0.3) is 22.5 Å². The van der Waals surface area contributed by atoms with Crippen molar-refractivity contribution in [2.75, 3.05) is 95.0 Å². The zero-order chi connectivity index (χ0) is 49.9. The first kappa shape index (κ1) is 49.2. The number of piperazine rings is 1. The molecule has 2 saturated heterocycles. The molecule has 0 aliphatic carbocycles. The minimum Gasteiger partial charge on any atom is -0.496 e. The first-order chi connectivity index (χ1) is 34.5. The second-order valence-electron chi connectivity index (χ2n) is 16.4. The van der Waals surface area contributed by atoms with E-state index in [1.54, 1.807) is 53.7 Å². The number of nitrogens with zero attached hydrogens (tertiary/aromatic N) is 7. The average Bonchev–Trinajstić information content (AvgIpc) is 3.63. The monoisotopic (exact) mass is 968 g/mol. The third kappa shape index (κ3) is 11.5. The van der Waals surface area contributed by atoms with Gasteiger partial charge < -0.3 is 39.4 Å². The van der Waals surface area contributed by atoms with Crippen molar-refractivity contribution in [2.24, 2.45) is 0 Å². The molecule has 21 heteroatoms. The van der Waals surface area contributed by atoms with Crippen molar-refractivity contribution in [2.45, 2.75) is 25.3 Å². The summed E-state index contributed by atoms with van der Waals surface area (Å²) >= 11 is 0. The normalized spacial score (nSPS) is 15.6. The molecule has 366 valence electrons. The summed E-state index contributed by atoms with van der Waals surface area (Å²) in [5.74, 6) is -3.27. The molecule has 8 rings (SSSR count). The van der Waals surface area contributed by atoms with E-state index in [9.17, 15) is 38.4 Å². The molecule has 5 aromatic rings. The summed E-state index contributed by atoms with van der Waals surface area (Å²) < 4.78 is 37.1. The second-order valence-corrected chi connectivity index (χ2v) is 16.4. The summed E-state index contributed by atoms with van der Waals surface area (Å²) in [6.45, 7) is 3.89. The summed E-state index contributed by atoms with van der Waals surface area (Å²) in [7, 11) is 1.40. The Morgan fingerprint density at radius 2 is 1.62 bits per heavy atom. The lowest BCUT2D eigenvalue weighted by molar-refractivity contribution is -0.136. The van der Waals surface area contributed by atoms with Gasteiger partial charge in [-0.05, 0) is 66.6 Å². The van der Waals surface area contributed by atoms with Gasteiger partial charge in [0.05, 0.1) is 92.9 Å². The van der Waals surface area contributed by atoms with E-state index in [-0.39, 0.29) is 72.3 Å². The van der Waals surface area contributed by atoms with E-state index in [0.29, 0.717) is 92.9 Å². The minimum atomic E-state index is -1.03. The van der Waals surface area contributed by atoms with Gasteiger partial charge in [0.2, 0.25) is 17.7 Å². The van der Waals surface area contributed by atoms with E-state index in [1.165, 1.54) is 37.6 Å². The Morgan fingerprint density at radius 3 is 2.38 bits per heavy atom. The molecule has 3 N–H and O–H groups in total. The van der Waals surface area contributed by atoms with Crippen LogP contribution in [0.2, 0.25) is 0 Å². The van der Waals surface area contributed by atoms with Crippen LogP contribution in [0.3, 0.4) is 0 Å². The molecule has 2 fully saturated rings. The van der Waals surface area contributed by atoms with E-state index < -0.39 is 41.4 Å². The first-order valence-electron chi connectivity index (χ1n) is 22.9. The molecule has 6 amide bonds. The molecule has 0 spiro atoms. The Hall–Kier alpha value is -8.19. The van der Waals surface area contributed by atoms with Crippen molar-refractivity contribution < 1.29 is 52.1 Å². The number of fused-ring (bicyclic) bond motifs is 1. The highest BCUT2D eigenvalue weighted by atomic mass is 19.1. The Kier molecular flexibility index (Phi) is 15.9. The lowest BCUT2D eigenvalue weighted by Gasteiger charge is -2.37. The number of carbonyl (C=O) groups excluding carboxylic acids is 6. The maximum atomic E-state index is 14.9. The Balaban J connectivity index is 0.754. The van der Waals surface area contributed by atoms with Crippen LogP contribution in [-0.2, 0) is 28.6 Å². The number of ether oxygens (including phenoxy) is 4. The molecule has 3 aromatic carbocycles. The summed E-state index contributed by atoms with van der Waals surface area (Å²) in [6.07, 6.45) is 4.83. The van der Waals surface area contributed by atoms with Crippen molar-refractivity contribution in [3.8, 4) is 34.3 Å². The number of aromatic nitrogens is 3. The number of nitriles is 1. The van der Waals surface area contributed by atoms with Crippen molar-refractivity contribution in [3.63, 3.8) is 0 Å². The highest BCUT2D eigenvalue weighted by Gasteiger charge is 2.44. The number of piperidine rings is 1. The Bertz CT molecular complexity index is 2890. The highest BCUT2D eigenvalue weighted by Crippen LogP contribution is 2.35. The standard InChI is InChI=1S/C50H49FN10O10/c1-68-42-4-2-3-37(51)45(42)46-55-15-12-39(56-46)47(64)57-38-8-5-31(36-30-53-14-11-32(36)29-52)27-41(38)59-17-19-60(20-18-59)44(63)13-21-69-23-25-71-26-24-70-22-16-54-33-6-7-34-35(28-33)50(67)61(49(34)66)40-9-10-43(62)58-48(40)65/h2-8,11-12,14-15,27-28,30,40,54H,9-10,13,16-26H2,1H3,(H,57,64)(H,58,62,65). The number of anilines is 3. The number of halogens is 1. The fourth-order valence-corrected chi connectivity index (χ4v) is 8.38.